The number of hydrogen-bond acceptors (Lipinski definition) is 5. The Morgan fingerprint density at radius 1 is 1.18 bits per heavy atom. The molecule has 0 aliphatic rings. The fourth-order valence-corrected chi connectivity index (χ4v) is 2.21. The maximum Gasteiger partial charge on any atom is 0.422 e. The molecule has 0 aliphatic carbocycles. The van der Waals surface area contributed by atoms with E-state index in [1.807, 2.05) is 0 Å². The fourth-order valence-electron chi connectivity index (χ4n) is 1.99. The molecule has 0 atom stereocenters. The van der Waals surface area contributed by atoms with Crippen LogP contribution in [0.15, 0.2) is 36.8 Å². The average Bonchev–Trinajstić information content (AvgIpc) is 2.65. The van der Waals surface area contributed by atoms with Crippen LogP contribution in [-0.2, 0) is 11.3 Å². The molecule has 7 nitrogen and oxygen atoms in total. The van der Waals surface area contributed by atoms with Crippen molar-refractivity contribution >= 4 is 23.4 Å². The standard InChI is InChI=1S/C17H16ClF3N4O3/c18-13-7-12(9-25-16(13)28-10-17(19,20)21)15(27)23-6-3-14(26)24-8-11-1-4-22-5-2-11/h1-2,4-5,7,9H,3,6,8,10H2,(H,23,27)(H,24,26). The van der Waals surface area contributed by atoms with Crippen molar-refractivity contribution < 1.29 is 27.5 Å². The lowest BCUT2D eigenvalue weighted by Crippen LogP contribution is -2.30. The van der Waals surface area contributed by atoms with Gasteiger partial charge in [-0.3, -0.25) is 14.6 Å². The zero-order valence-corrected chi connectivity index (χ0v) is 15.2. The quantitative estimate of drug-likeness (QED) is 0.689. The van der Waals surface area contributed by atoms with Crippen LogP contribution in [0.4, 0.5) is 13.2 Å². The molecule has 0 aromatic carbocycles. The van der Waals surface area contributed by atoms with E-state index in [-0.39, 0.29) is 29.5 Å². The number of amides is 2. The van der Waals surface area contributed by atoms with Crippen LogP contribution < -0.4 is 15.4 Å². The van der Waals surface area contributed by atoms with Gasteiger partial charge in [-0.05, 0) is 23.8 Å². The summed E-state index contributed by atoms with van der Waals surface area (Å²) in [6.07, 6.45) is -0.221. The third-order valence-corrected chi connectivity index (χ3v) is 3.59. The molecule has 2 rings (SSSR count). The van der Waals surface area contributed by atoms with Crippen LogP contribution in [0.2, 0.25) is 5.02 Å². The van der Waals surface area contributed by atoms with Crippen molar-refractivity contribution in [1.29, 1.82) is 0 Å². The van der Waals surface area contributed by atoms with Crippen molar-refractivity contribution in [3.8, 4) is 5.88 Å². The first-order valence-corrected chi connectivity index (χ1v) is 8.41. The van der Waals surface area contributed by atoms with Crippen molar-refractivity contribution in [3.05, 3.63) is 52.9 Å². The second kappa shape index (κ2) is 9.88. The molecule has 2 amide bonds. The van der Waals surface area contributed by atoms with Crippen LogP contribution in [0.5, 0.6) is 5.88 Å². The minimum absolute atomic E-state index is 0.0292. The zero-order valence-electron chi connectivity index (χ0n) is 14.4. The molecule has 2 N–H and O–H groups in total. The van der Waals surface area contributed by atoms with Crippen molar-refractivity contribution in [1.82, 2.24) is 20.6 Å². The summed E-state index contributed by atoms with van der Waals surface area (Å²) in [4.78, 5) is 31.3. The van der Waals surface area contributed by atoms with Gasteiger partial charge in [0.05, 0.1) is 5.56 Å². The van der Waals surface area contributed by atoms with E-state index in [2.05, 4.69) is 25.3 Å². The number of rotatable bonds is 8. The highest BCUT2D eigenvalue weighted by Crippen LogP contribution is 2.24. The van der Waals surface area contributed by atoms with Gasteiger partial charge in [0.15, 0.2) is 6.61 Å². The van der Waals surface area contributed by atoms with Crippen molar-refractivity contribution in [2.24, 2.45) is 0 Å². The van der Waals surface area contributed by atoms with Crippen LogP contribution in [0.3, 0.4) is 0 Å². The average molecular weight is 417 g/mol. The second-order valence-electron chi connectivity index (χ2n) is 5.55. The second-order valence-corrected chi connectivity index (χ2v) is 5.96. The van der Waals surface area contributed by atoms with E-state index in [1.54, 1.807) is 24.5 Å². The summed E-state index contributed by atoms with van der Waals surface area (Å²) < 4.78 is 40.9. The highest BCUT2D eigenvalue weighted by atomic mass is 35.5. The Labute approximate surface area is 163 Å². The molecule has 0 unspecified atom stereocenters. The van der Waals surface area contributed by atoms with E-state index < -0.39 is 24.6 Å². The smallest absolute Gasteiger partial charge is 0.422 e. The van der Waals surface area contributed by atoms with Crippen molar-refractivity contribution in [2.45, 2.75) is 19.1 Å². The molecule has 0 aliphatic heterocycles. The van der Waals surface area contributed by atoms with Gasteiger partial charge in [-0.25, -0.2) is 4.98 Å². The SMILES string of the molecule is O=C(CCNC(=O)c1cnc(OCC(F)(F)F)c(Cl)c1)NCc1ccncc1. The first-order valence-electron chi connectivity index (χ1n) is 8.03. The highest BCUT2D eigenvalue weighted by Gasteiger charge is 2.29. The topological polar surface area (TPSA) is 93.2 Å². The van der Waals surface area contributed by atoms with Crippen LogP contribution in [0.25, 0.3) is 0 Å². The number of halogens is 4. The maximum absolute atomic E-state index is 12.1. The Kier molecular flexibility index (Phi) is 7.56. The van der Waals surface area contributed by atoms with Crippen LogP contribution in [0.1, 0.15) is 22.3 Å². The zero-order chi connectivity index (χ0) is 20.6. The van der Waals surface area contributed by atoms with Gasteiger partial charge in [0.25, 0.3) is 5.91 Å². The van der Waals surface area contributed by atoms with Gasteiger partial charge >= 0.3 is 6.18 Å². The fraction of sp³-hybridized carbons (Fsp3) is 0.294. The number of pyridine rings is 2. The van der Waals surface area contributed by atoms with Gasteiger partial charge in [0.1, 0.15) is 5.02 Å². The summed E-state index contributed by atoms with van der Waals surface area (Å²) in [5.74, 6) is -1.26. The number of hydrogen-bond donors (Lipinski definition) is 2. The maximum atomic E-state index is 12.1. The molecule has 28 heavy (non-hydrogen) atoms. The van der Waals surface area contributed by atoms with Gasteiger partial charge in [-0.1, -0.05) is 11.6 Å². The summed E-state index contributed by atoms with van der Waals surface area (Å²) in [7, 11) is 0. The van der Waals surface area contributed by atoms with Gasteiger partial charge in [0.2, 0.25) is 11.8 Å². The highest BCUT2D eigenvalue weighted by molar-refractivity contribution is 6.32. The summed E-state index contributed by atoms with van der Waals surface area (Å²) in [6, 6.07) is 4.67. The van der Waals surface area contributed by atoms with E-state index >= 15 is 0 Å². The lowest BCUT2D eigenvalue weighted by atomic mass is 10.2. The lowest BCUT2D eigenvalue weighted by Gasteiger charge is -2.10. The summed E-state index contributed by atoms with van der Waals surface area (Å²) >= 11 is 5.78. The third kappa shape index (κ3) is 7.39. The Bertz CT molecular complexity index is 819. The number of nitrogens with one attached hydrogen (secondary N) is 2. The van der Waals surface area contributed by atoms with Crippen LogP contribution >= 0.6 is 11.6 Å². The molecule has 2 aromatic heterocycles. The molecular formula is C17H16ClF3N4O3. The molecule has 0 saturated carbocycles. The normalized spacial score (nSPS) is 11.0. The summed E-state index contributed by atoms with van der Waals surface area (Å²) in [6.45, 7) is -1.14. The predicted octanol–water partition coefficient (Wildman–Crippen LogP) is 2.51. The van der Waals surface area contributed by atoms with Crippen LogP contribution in [-0.4, -0.2) is 41.1 Å². The molecule has 0 fully saturated rings. The molecule has 150 valence electrons. The number of alkyl halides is 3. The molecule has 0 bridgehead atoms. The van der Waals surface area contributed by atoms with Gasteiger partial charge in [-0.15, -0.1) is 0 Å². The molecule has 2 heterocycles. The van der Waals surface area contributed by atoms with E-state index in [9.17, 15) is 22.8 Å². The molecule has 2 aromatic rings. The molecule has 0 saturated heterocycles. The monoisotopic (exact) mass is 416 g/mol. The minimum Gasteiger partial charge on any atom is -0.467 e. The van der Waals surface area contributed by atoms with Crippen molar-refractivity contribution in [2.75, 3.05) is 13.2 Å². The Morgan fingerprint density at radius 3 is 2.54 bits per heavy atom. The van der Waals surface area contributed by atoms with Crippen LogP contribution in [0, 0.1) is 0 Å². The largest absolute Gasteiger partial charge is 0.467 e. The predicted molar refractivity (Wildman–Crippen MR) is 93.8 cm³/mol. The van der Waals surface area contributed by atoms with E-state index in [0.29, 0.717) is 6.54 Å². The van der Waals surface area contributed by atoms with Gasteiger partial charge < -0.3 is 15.4 Å². The first-order chi connectivity index (χ1) is 13.2. The van der Waals surface area contributed by atoms with Crippen molar-refractivity contribution in [3.63, 3.8) is 0 Å². The van der Waals surface area contributed by atoms with Gasteiger partial charge in [0, 0.05) is 38.1 Å². The summed E-state index contributed by atoms with van der Waals surface area (Å²) in [5.41, 5.74) is 0.919. The summed E-state index contributed by atoms with van der Waals surface area (Å²) in [5, 5.41) is 4.97. The molecule has 0 spiro atoms. The third-order valence-electron chi connectivity index (χ3n) is 3.32. The molecule has 11 heteroatoms. The Balaban J connectivity index is 1.76. The minimum atomic E-state index is -4.53. The Morgan fingerprint density at radius 2 is 1.89 bits per heavy atom. The number of ether oxygens (including phenoxy) is 1. The number of carbonyl (C=O) groups excluding carboxylic acids is 2. The first kappa shape index (κ1) is 21.4. The van der Waals surface area contributed by atoms with E-state index in [0.717, 1.165) is 17.8 Å². The number of carbonyl (C=O) groups is 2. The number of aromatic nitrogens is 2. The lowest BCUT2D eigenvalue weighted by molar-refractivity contribution is -0.154. The van der Waals surface area contributed by atoms with Gasteiger partial charge in [-0.2, -0.15) is 13.2 Å². The Hall–Kier alpha value is -2.88. The number of nitrogens with zero attached hydrogens (tertiary/aromatic N) is 2. The van der Waals surface area contributed by atoms with E-state index in [1.165, 1.54) is 0 Å². The molecule has 0 radical (unpaired) electrons. The molecular weight excluding hydrogens is 401 g/mol. The van der Waals surface area contributed by atoms with E-state index in [4.69, 9.17) is 11.6 Å².